The number of aromatic nitrogens is 3. The van der Waals surface area contributed by atoms with Gasteiger partial charge in [0.05, 0.1) is 22.2 Å². The summed E-state index contributed by atoms with van der Waals surface area (Å²) in [5.41, 5.74) is 1.65. The number of fused-ring (bicyclic) bond motifs is 4. The number of likely N-dealkylation sites (N-methyl/N-ethyl adjacent to an activating group) is 1. The largest absolute Gasteiger partial charge is 0.314 e. The highest BCUT2D eigenvalue weighted by molar-refractivity contribution is 6.14. The summed E-state index contributed by atoms with van der Waals surface area (Å²) in [7, 11) is 2.15. The third kappa shape index (κ3) is 3.12. The minimum atomic E-state index is -0.308. The van der Waals surface area contributed by atoms with Gasteiger partial charge in [0.2, 0.25) is 5.78 Å². The minimum absolute atomic E-state index is 0.107. The van der Waals surface area contributed by atoms with E-state index < -0.39 is 0 Å². The average Bonchev–Trinajstić information content (AvgIpc) is 3.01. The predicted molar refractivity (Wildman–Crippen MR) is 107 cm³/mol. The van der Waals surface area contributed by atoms with E-state index in [0.29, 0.717) is 27.7 Å². The average molecular weight is 376 g/mol. The van der Waals surface area contributed by atoms with Gasteiger partial charge in [0, 0.05) is 44.8 Å². The van der Waals surface area contributed by atoms with Crippen LogP contribution in [0.25, 0.3) is 16.6 Å². The number of ketones is 1. The summed E-state index contributed by atoms with van der Waals surface area (Å²) in [6.07, 6.45) is 4.14. The first-order valence-corrected chi connectivity index (χ1v) is 9.06. The molecule has 28 heavy (non-hydrogen) atoms. The van der Waals surface area contributed by atoms with Gasteiger partial charge in [0.1, 0.15) is 0 Å². The molecule has 0 bridgehead atoms. The van der Waals surface area contributed by atoms with Crippen molar-refractivity contribution in [3.8, 4) is 5.69 Å². The first-order chi connectivity index (χ1) is 13.6. The highest BCUT2D eigenvalue weighted by Crippen LogP contribution is 2.26. The Kier molecular flexibility index (Phi) is 4.81. The zero-order valence-electron chi connectivity index (χ0n) is 15.5. The lowest BCUT2D eigenvalue weighted by atomic mass is 10.1. The Morgan fingerprint density at radius 2 is 1.96 bits per heavy atom. The van der Waals surface area contributed by atoms with Crippen molar-refractivity contribution < 1.29 is 4.79 Å². The van der Waals surface area contributed by atoms with Gasteiger partial charge in [-0.25, -0.2) is 4.98 Å². The summed E-state index contributed by atoms with van der Waals surface area (Å²) in [5, 5.41) is 10.9. The molecule has 1 fully saturated rings. The van der Waals surface area contributed by atoms with E-state index in [9.17, 15) is 9.59 Å². The second kappa shape index (κ2) is 7.41. The van der Waals surface area contributed by atoms with Crippen LogP contribution in [0, 0.1) is 5.41 Å². The van der Waals surface area contributed by atoms with Crippen LogP contribution in [0.5, 0.6) is 0 Å². The highest BCUT2D eigenvalue weighted by atomic mass is 16.1. The SMILES string of the molecule is CN1CCNCC1.N=Cc1ccc2c(c1)C(=O)c1nc3ccncc3c(=O)n1-2. The van der Waals surface area contributed by atoms with Gasteiger partial charge >= 0.3 is 0 Å². The molecule has 0 amide bonds. The van der Waals surface area contributed by atoms with E-state index in [0.717, 1.165) is 19.3 Å². The van der Waals surface area contributed by atoms with Gasteiger partial charge in [0.15, 0.2) is 5.82 Å². The summed E-state index contributed by atoms with van der Waals surface area (Å²) in [6, 6.07) is 6.56. The zero-order chi connectivity index (χ0) is 19.7. The van der Waals surface area contributed by atoms with Gasteiger partial charge in [-0.15, -0.1) is 0 Å². The Morgan fingerprint density at radius 3 is 2.64 bits per heavy atom. The van der Waals surface area contributed by atoms with E-state index in [-0.39, 0.29) is 17.2 Å². The Hall–Kier alpha value is -3.23. The van der Waals surface area contributed by atoms with E-state index >= 15 is 0 Å². The first-order valence-electron chi connectivity index (χ1n) is 9.06. The molecular formula is C20H20N6O2. The lowest BCUT2D eigenvalue weighted by molar-refractivity contribution is 0.103. The number of carbonyl (C=O) groups is 1. The molecule has 3 aromatic rings. The third-order valence-corrected chi connectivity index (χ3v) is 4.89. The molecule has 2 aliphatic rings. The number of nitrogens with zero attached hydrogens (tertiary/aromatic N) is 4. The van der Waals surface area contributed by atoms with Crippen LogP contribution in [0.15, 0.2) is 41.5 Å². The quantitative estimate of drug-likeness (QED) is 0.477. The summed E-state index contributed by atoms with van der Waals surface area (Å²) in [6.45, 7) is 4.74. The standard InChI is InChI=1S/C15H8N4O2.C5H12N2/c16-6-8-1-2-12-9(5-8)13(20)14-18-11-3-4-17-7-10(11)15(21)19(12)14;1-7-4-2-6-3-5-7/h1-7,16H;6H,2-5H2,1H3. The molecule has 8 heteroatoms. The van der Waals surface area contributed by atoms with Crippen LogP contribution in [0.1, 0.15) is 21.7 Å². The van der Waals surface area contributed by atoms with Gasteiger partial charge in [0.25, 0.3) is 5.56 Å². The van der Waals surface area contributed by atoms with E-state index in [1.807, 2.05) is 0 Å². The van der Waals surface area contributed by atoms with E-state index in [4.69, 9.17) is 5.41 Å². The molecule has 0 aliphatic carbocycles. The molecular weight excluding hydrogens is 356 g/mol. The van der Waals surface area contributed by atoms with Crippen LogP contribution in [-0.4, -0.2) is 64.7 Å². The second-order valence-corrected chi connectivity index (χ2v) is 6.77. The number of piperazine rings is 1. The van der Waals surface area contributed by atoms with Crippen LogP contribution in [0.2, 0.25) is 0 Å². The smallest absolute Gasteiger partial charge is 0.267 e. The lowest BCUT2D eigenvalue weighted by Gasteiger charge is -2.21. The predicted octanol–water partition coefficient (Wildman–Crippen LogP) is 0.844. The molecule has 2 aliphatic heterocycles. The molecule has 0 radical (unpaired) electrons. The van der Waals surface area contributed by atoms with Crippen LogP contribution in [-0.2, 0) is 0 Å². The van der Waals surface area contributed by atoms with Crippen molar-refractivity contribution in [3.05, 3.63) is 64.0 Å². The molecule has 1 aromatic carbocycles. The maximum atomic E-state index is 12.6. The fraction of sp³-hybridized carbons (Fsp3) is 0.250. The molecule has 0 unspecified atom stereocenters. The van der Waals surface area contributed by atoms with Gasteiger partial charge < -0.3 is 15.6 Å². The van der Waals surface area contributed by atoms with Gasteiger partial charge in [-0.2, -0.15) is 0 Å². The molecule has 1 saturated heterocycles. The fourth-order valence-corrected chi connectivity index (χ4v) is 3.32. The van der Waals surface area contributed by atoms with Gasteiger partial charge in [-0.05, 0) is 30.8 Å². The molecule has 0 atom stereocenters. The van der Waals surface area contributed by atoms with Crippen LogP contribution in [0.4, 0.5) is 0 Å². The van der Waals surface area contributed by atoms with Gasteiger partial charge in [-0.3, -0.25) is 19.1 Å². The van der Waals surface area contributed by atoms with E-state index in [1.54, 1.807) is 24.3 Å². The monoisotopic (exact) mass is 376 g/mol. The Bertz CT molecular complexity index is 1130. The number of carbonyl (C=O) groups excluding carboxylic acids is 1. The molecule has 5 rings (SSSR count). The first kappa shape index (κ1) is 18.1. The van der Waals surface area contributed by atoms with Crippen LogP contribution in [0.3, 0.4) is 0 Å². The van der Waals surface area contributed by atoms with Crippen molar-refractivity contribution in [2.45, 2.75) is 0 Å². The number of rotatable bonds is 1. The van der Waals surface area contributed by atoms with E-state index in [1.165, 1.54) is 30.1 Å². The Labute approximate surface area is 161 Å². The number of hydrogen-bond acceptors (Lipinski definition) is 7. The Morgan fingerprint density at radius 1 is 1.18 bits per heavy atom. The summed E-state index contributed by atoms with van der Waals surface area (Å²) in [4.78, 5) is 35.6. The third-order valence-electron chi connectivity index (χ3n) is 4.89. The van der Waals surface area contributed by atoms with E-state index in [2.05, 4.69) is 27.2 Å². The lowest BCUT2D eigenvalue weighted by Crippen LogP contribution is -2.40. The van der Waals surface area contributed by atoms with Gasteiger partial charge in [-0.1, -0.05) is 6.07 Å². The fourth-order valence-electron chi connectivity index (χ4n) is 3.32. The van der Waals surface area contributed by atoms with Crippen molar-refractivity contribution in [3.63, 3.8) is 0 Å². The molecule has 142 valence electrons. The number of hydrogen-bond donors (Lipinski definition) is 2. The van der Waals surface area contributed by atoms with Crippen molar-refractivity contribution >= 4 is 22.9 Å². The van der Waals surface area contributed by atoms with Crippen molar-refractivity contribution in [1.82, 2.24) is 24.8 Å². The number of nitrogens with one attached hydrogen (secondary N) is 2. The minimum Gasteiger partial charge on any atom is -0.314 e. The van der Waals surface area contributed by atoms with Crippen LogP contribution >= 0.6 is 0 Å². The summed E-state index contributed by atoms with van der Waals surface area (Å²) < 4.78 is 1.31. The van der Waals surface area contributed by atoms with Crippen molar-refractivity contribution in [2.24, 2.45) is 0 Å². The van der Waals surface area contributed by atoms with Crippen LogP contribution < -0.4 is 10.9 Å². The molecule has 0 spiro atoms. The molecule has 2 N–H and O–H groups in total. The van der Waals surface area contributed by atoms with Crippen molar-refractivity contribution in [2.75, 3.05) is 33.2 Å². The summed E-state index contributed by atoms with van der Waals surface area (Å²) >= 11 is 0. The maximum absolute atomic E-state index is 12.6. The summed E-state index contributed by atoms with van der Waals surface area (Å²) in [5.74, 6) is -0.194. The number of benzene rings is 1. The maximum Gasteiger partial charge on any atom is 0.267 e. The van der Waals surface area contributed by atoms with Crippen molar-refractivity contribution in [1.29, 1.82) is 5.41 Å². The topological polar surface area (TPSA) is 104 Å². The normalized spacial score (nSPS) is 15.5. The molecule has 8 nitrogen and oxygen atoms in total. The molecule has 4 heterocycles. The highest BCUT2D eigenvalue weighted by Gasteiger charge is 2.30. The zero-order valence-corrected chi connectivity index (χ0v) is 15.5. The Balaban J connectivity index is 0.000000233. The number of pyridine rings is 1. The molecule has 0 saturated carbocycles. The second-order valence-electron chi connectivity index (χ2n) is 6.77. The molecule has 2 aromatic heterocycles.